The monoisotopic (exact) mass is 286 g/mol. The number of rotatable bonds is 2. The topological polar surface area (TPSA) is 51.1 Å². The highest BCUT2D eigenvalue weighted by molar-refractivity contribution is 5.94. The first-order valence-corrected chi connectivity index (χ1v) is 8.02. The van der Waals surface area contributed by atoms with E-state index in [0.29, 0.717) is 5.56 Å². The van der Waals surface area contributed by atoms with Crippen LogP contribution in [0.25, 0.3) is 0 Å². The van der Waals surface area contributed by atoms with Crippen molar-refractivity contribution < 1.29 is 4.79 Å². The largest absolute Gasteiger partial charge is 0.347 e. The van der Waals surface area contributed by atoms with Gasteiger partial charge < -0.3 is 9.88 Å². The summed E-state index contributed by atoms with van der Waals surface area (Å²) < 4.78 is 1.49. The van der Waals surface area contributed by atoms with Crippen molar-refractivity contribution >= 4 is 5.91 Å². The van der Waals surface area contributed by atoms with Crippen LogP contribution in [0.3, 0.4) is 0 Å². The summed E-state index contributed by atoms with van der Waals surface area (Å²) in [5.74, 6) is 2.34. The highest BCUT2D eigenvalue weighted by atomic mass is 16.2. The molecule has 0 radical (unpaired) electrons. The molecule has 0 aromatic carbocycles. The lowest BCUT2D eigenvalue weighted by molar-refractivity contribution is -0.0167. The fraction of sp³-hybridized carbons (Fsp3) is 0.647. The number of nitrogens with zero attached hydrogens (tertiary/aromatic N) is 1. The lowest BCUT2D eigenvalue weighted by atomic mass is 9.53. The van der Waals surface area contributed by atoms with Crippen LogP contribution in [0.15, 0.2) is 23.1 Å². The second kappa shape index (κ2) is 4.46. The highest BCUT2D eigenvalue weighted by Gasteiger charge is 2.51. The first-order chi connectivity index (χ1) is 10.0. The minimum absolute atomic E-state index is 0.00686. The fourth-order valence-corrected chi connectivity index (χ4v) is 5.27. The van der Waals surface area contributed by atoms with Crippen LogP contribution in [-0.2, 0) is 7.05 Å². The molecule has 0 aliphatic heterocycles. The minimum atomic E-state index is -0.131. The number of nitrogens with one attached hydrogen (secondary N) is 1. The van der Waals surface area contributed by atoms with Crippen LogP contribution < -0.4 is 10.9 Å². The van der Waals surface area contributed by atoms with Gasteiger partial charge in [0.2, 0.25) is 0 Å². The quantitative estimate of drug-likeness (QED) is 0.905. The summed E-state index contributed by atoms with van der Waals surface area (Å²) in [5.41, 5.74) is 0.370. The lowest BCUT2D eigenvalue weighted by Crippen LogP contribution is -2.59. The average molecular weight is 286 g/mol. The van der Waals surface area contributed by atoms with Gasteiger partial charge in [-0.25, -0.2) is 0 Å². The smallest absolute Gasteiger partial charge is 0.251 e. The number of hydrogen-bond donors (Lipinski definition) is 1. The zero-order chi connectivity index (χ0) is 14.6. The summed E-state index contributed by atoms with van der Waals surface area (Å²) in [6, 6.07) is 3.17. The van der Waals surface area contributed by atoms with Gasteiger partial charge in [-0.1, -0.05) is 0 Å². The van der Waals surface area contributed by atoms with Crippen molar-refractivity contribution in [3.8, 4) is 0 Å². The Bertz CT molecular complexity index is 611. The molecule has 4 aliphatic carbocycles. The summed E-state index contributed by atoms with van der Waals surface area (Å²) in [6.45, 7) is 0. The summed E-state index contributed by atoms with van der Waals surface area (Å²) in [5, 5.41) is 3.30. The van der Waals surface area contributed by atoms with Crippen molar-refractivity contribution in [2.24, 2.45) is 24.8 Å². The maximum atomic E-state index is 12.5. The van der Waals surface area contributed by atoms with Crippen LogP contribution >= 0.6 is 0 Å². The summed E-state index contributed by atoms with van der Waals surface area (Å²) in [7, 11) is 1.70. The highest BCUT2D eigenvalue weighted by Crippen LogP contribution is 2.55. The second-order valence-corrected chi connectivity index (χ2v) is 7.52. The second-order valence-electron chi connectivity index (χ2n) is 7.52. The van der Waals surface area contributed by atoms with E-state index < -0.39 is 0 Å². The van der Waals surface area contributed by atoms with Crippen LogP contribution in [-0.4, -0.2) is 16.0 Å². The number of aryl methyl sites for hydroxylation is 1. The van der Waals surface area contributed by atoms with Gasteiger partial charge in [0.05, 0.1) is 0 Å². The van der Waals surface area contributed by atoms with E-state index in [4.69, 9.17) is 0 Å². The number of aromatic nitrogens is 1. The predicted octanol–water partition coefficient (Wildman–Crippen LogP) is 2.08. The Morgan fingerprint density at radius 3 is 2.29 bits per heavy atom. The molecule has 0 saturated heterocycles. The molecule has 21 heavy (non-hydrogen) atoms. The number of pyridine rings is 1. The maximum absolute atomic E-state index is 12.5. The zero-order valence-corrected chi connectivity index (χ0v) is 12.5. The first kappa shape index (κ1) is 13.1. The fourth-order valence-electron chi connectivity index (χ4n) is 5.27. The molecule has 4 fully saturated rings. The molecule has 1 aromatic heterocycles. The lowest BCUT2D eigenvalue weighted by Gasteiger charge is -2.56. The Hall–Kier alpha value is -1.58. The summed E-state index contributed by atoms with van der Waals surface area (Å²) in [4.78, 5) is 24.2. The Morgan fingerprint density at radius 2 is 1.76 bits per heavy atom. The summed E-state index contributed by atoms with van der Waals surface area (Å²) >= 11 is 0. The number of hydrogen-bond acceptors (Lipinski definition) is 2. The normalized spacial score (nSPS) is 36.7. The minimum Gasteiger partial charge on any atom is -0.347 e. The van der Waals surface area contributed by atoms with Crippen molar-refractivity contribution in [3.63, 3.8) is 0 Å². The van der Waals surface area contributed by atoms with Gasteiger partial charge >= 0.3 is 0 Å². The van der Waals surface area contributed by atoms with Gasteiger partial charge in [-0.05, 0) is 62.3 Å². The van der Waals surface area contributed by atoms with Crippen LogP contribution in [0.5, 0.6) is 0 Å². The number of amides is 1. The molecule has 1 N–H and O–H groups in total. The van der Waals surface area contributed by atoms with E-state index in [0.717, 1.165) is 37.0 Å². The van der Waals surface area contributed by atoms with Crippen LogP contribution in [0.2, 0.25) is 0 Å². The van der Waals surface area contributed by atoms with Crippen molar-refractivity contribution in [2.75, 3.05) is 0 Å². The molecule has 0 atom stereocenters. The molecule has 5 rings (SSSR count). The molecule has 4 nitrogen and oxygen atoms in total. The SMILES string of the molecule is Cn1ccc(C(=O)NC23CC4CC(CC(C4)C2)C3)cc1=O. The Labute approximate surface area is 124 Å². The molecule has 1 heterocycles. The van der Waals surface area contributed by atoms with Crippen molar-refractivity contribution in [3.05, 3.63) is 34.2 Å². The molecule has 4 aliphatic rings. The third-order valence-corrected chi connectivity index (χ3v) is 5.78. The third-order valence-electron chi connectivity index (χ3n) is 5.78. The number of carbonyl (C=O) groups is 1. The van der Waals surface area contributed by atoms with Gasteiger partial charge in [0.15, 0.2) is 0 Å². The van der Waals surface area contributed by atoms with Gasteiger partial charge in [0.1, 0.15) is 0 Å². The summed E-state index contributed by atoms with van der Waals surface area (Å²) in [6.07, 6.45) is 9.15. The van der Waals surface area contributed by atoms with Crippen LogP contribution in [0.4, 0.5) is 0 Å². The number of carbonyl (C=O) groups excluding carboxylic acids is 1. The van der Waals surface area contributed by atoms with Crippen molar-refractivity contribution in [2.45, 2.75) is 44.1 Å². The maximum Gasteiger partial charge on any atom is 0.251 e. The average Bonchev–Trinajstić information content (AvgIpc) is 2.39. The Morgan fingerprint density at radius 1 is 1.19 bits per heavy atom. The first-order valence-electron chi connectivity index (χ1n) is 8.02. The molecule has 4 saturated carbocycles. The van der Waals surface area contributed by atoms with Gasteiger partial charge in [-0.3, -0.25) is 9.59 Å². The van der Waals surface area contributed by atoms with E-state index in [2.05, 4.69) is 5.32 Å². The Balaban J connectivity index is 1.56. The molecule has 4 heteroatoms. The van der Waals surface area contributed by atoms with E-state index in [9.17, 15) is 9.59 Å². The van der Waals surface area contributed by atoms with Crippen molar-refractivity contribution in [1.82, 2.24) is 9.88 Å². The zero-order valence-electron chi connectivity index (χ0n) is 12.5. The van der Waals surface area contributed by atoms with Crippen LogP contribution in [0, 0.1) is 17.8 Å². The molecular formula is C17H22N2O2. The van der Waals surface area contributed by atoms with E-state index in [1.165, 1.54) is 29.9 Å². The van der Waals surface area contributed by atoms with E-state index in [1.54, 1.807) is 19.3 Å². The molecule has 1 aromatic rings. The van der Waals surface area contributed by atoms with Crippen LogP contribution in [0.1, 0.15) is 48.9 Å². The standard InChI is InChI=1S/C17H22N2O2/c1-19-3-2-14(7-15(19)20)16(21)18-17-8-11-4-12(9-17)6-13(5-11)10-17/h2-3,7,11-13H,4-6,8-10H2,1H3,(H,18,21). The molecule has 0 spiro atoms. The van der Waals surface area contributed by atoms with E-state index >= 15 is 0 Å². The third kappa shape index (κ3) is 2.21. The molecule has 1 amide bonds. The van der Waals surface area contributed by atoms with Gasteiger partial charge in [0.25, 0.3) is 11.5 Å². The molecule has 0 unspecified atom stereocenters. The Kier molecular flexibility index (Phi) is 2.78. The molecule has 112 valence electrons. The van der Waals surface area contributed by atoms with Gasteiger partial charge in [0, 0.05) is 30.4 Å². The van der Waals surface area contributed by atoms with Gasteiger partial charge in [-0.2, -0.15) is 0 Å². The molecular weight excluding hydrogens is 264 g/mol. The van der Waals surface area contributed by atoms with E-state index in [1.807, 2.05) is 0 Å². The van der Waals surface area contributed by atoms with E-state index in [-0.39, 0.29) is 17.0 Å². The van der Waals surface area contributed by atoms with Gasteiger partial charge in [-0.15, -0.1) is 0 Å². The van der Waals surface area contributed by atoms with Crippen molar-refractivity contribution in [1.29, 1.82) is 0 Å². The predicted molar refractivity (Wildman–Crippen MR) is 80.1 cm³/mol. The molecule has 4 bridgehead atoms.